The van der Waals surface area contributed by atoms with Crippen molar-refractivity contribution in [1.29, 1.82) is 0 Å². The Bertz CT molecular complexity index is 259. The summed E-state index contributed by atoms with van der Waals surface area (Å²) in [6.45, 7) is 3.17. The lowest BCUT2D eigenvalue weighted by molar-refractivity contribution is 0.525. The van der Waals surface area contributed by atoms with E-state index in [1.807, 2.05) is 0 Å². The Balaban J connectivity index is 2.96. The molecule has 2 heteroatoms. The van der Waals surface area contributed by atoms with E-state index in [0.29, 0.717) is 0 Å². The first-order valence-electron chi connectivity index (χ1n) is 10.5. The second-order valence-electron chi connectivity index (χ2n) is 6.98. The van der Waals surface area contributed by atoms with Gasteiger partial charge in [-0.3, -0.25) is 0 Å². The molecule has 0 spiro atoms. The highest BCUT2D eigenvalue weighted by molar-refractivity contribution is 7.78. The number of hydrogen-bond donors (Lipinski definition) is 0. The van der Waals surface area contributed by atoms with E-state index in [-0.39, 0.29) is 0 Å². The molecule has 0 atom stereocenters. The SMILES string of the molecule is CCCCCCCCCCCCCCCCCCCCN=C=S. The van der Waals surface area contributed by atoms with E-state index in [9.17, 15) is 0 Å². The molecule has 0 aliphatic carbocycles. The lowest BCUT2D eigenvalue weighted by Gasteiger charge is -2.03. The normalized spacial score (nSPS) is 10.7. The van der Waals surface area contributed by atoms with E-state index in [4.69, 9.17) is 0 Å². The van der Waals surface area contributed by atoms with Crippen LogP contribution >= 0.6 is 12.2 Å². The van der Waals surface area contributed by atoms with E-state index < -0.39 is 0 Å². The number of aliphatic imine (C=N–C) groups is 1. The zero-order valence-corrected chi connectivity index (χ0v) is 16.6. The summed E-state index contributed by atoms with van der Waals surface area (Å²) in [6.07, 6.45) is 25.6. The number of hydrogen-bond acceptors (Lipinski definition) is 2. The molecular weight excluding hydrogens is 298 g/mol. The van der Waals surface area contributed by atoms with Crippen molar-refractivity contribution < 1.29 is 0 Å². The Morgan fingerprint density at radius 1 is 0.522 bits per heavy atom. The lowest BCUT2D eigenvalue weighted by Crippen LogP contribution is -1.84. The molecule has 0 aromatic carbocycles. The van der Waals surface area contributed by atoms with Gasteiger partial charge in [-0.05, 0) is 18.6 Å². The van der Waals surface area contributed by atoms with E-state index in [2.05, 4.69) is 29.3 Å². The minimum atomic E-state index is 0.877. The fourth-order valence-corrected chi connectivity index (χ4v) is 3.23. The summed E-state index contributed by atoms with van der Waals surface area (Å²) in [5, 5.41) is 2.43. The van der Waals surface area contributed by atoms with Crippen LogP contribution in [0.4, 0.5) is 0 Å². The molecule has 0 aromatic heterocycles. The van der Waals surface area contributed by atoms with E-state index >= 15 is 0 Å². The highest BCUT2D eigenvalue weighted by atomic mass is 32.1. The largest absolute Gasteiger partial charge is 0.233 e. The summed E-state index contributed by atoms with van der Waals surface area (Å²) in [4.78, 5) is 3.95. The molecule has 0 amide bonds. The third-order valence-electron chi connectivity index (χ3n) is 4.69. The average Bonchev–Trinajstić information content (AvgIpc) is 2.57. The average molecular weight is 340 g/mol. The van der Waals surface area contributed by atoms with Gasteiger partial charge in [0.1, 0.15) is 0 Å². The highest BCUT2D eigenvalue weighted by Crippen LogP contribution is 2.14. The van der Waals surface area contributed by atoms with Crippen LogP contribution in [0.3, 0.4) is 0 Å². The second-order valence-corrected chi connectivity index (χ2v) is 7.17. The van der Waals surface area contributed by atoms with E-state index in [1.165, 1.54) is 116 Å². The molecule has 1 nitrogen and oxygen atoms in total. The first-order valence-corrected chi connectivity index (χ1v) is 10.9. The van der Waals surface area contributed by atoms with Crippen molar-refractivity contribution in [3.05, 3.63) is 0 Å². The van der Waals surface area contributed by atoms with Crippen LogP contribution in [0.2, 0.25) is 0 Å². The topological polar surface area (TPSA) is 12.4 Å². The second kappa shape index (κ2) is 21.8. The predicted molar refractivity (Wildman–Crippen MR) is 109 cm³/mol. The molecule has 0 saturated heterocycles. The van der Waals surface area contributed by atoms with Crippen LogP contribution < -0.4 is 0 Å². The highest BCUT2D eigenvalue weighted by Gasteiger charge is 1.94. The molecular formula is C21H41NS. The summed E-state index contributed by atoms with van der Waals surface area (Å²) in [5.74, 6) is 0. The first-order chi connectivity index (χ1) is 11.4. The molecule has 0 aliphatic heterocycles. The monoisotopic (exact) mass is 339 g/mol. The molecule has 0 bridgehead atoms. The van der Waals surface area contributed by atoms with E-state index in [1.54, 1.807) is 0 Å². The molecule has 0 unspecified atom stereocenters. The number of thiocarbonyl (C=S) groups is 1. The standard InChI is InChI=1S/C21H41NS/c1-2-3-4-5-6-7-8-9-10-11-12-13-14-15-16-17-18-19-20-22-21-23/h2-20H2,1H3. The molecule has 23 heavy (non-hydrogen) atoms. The summed E-state index contributed by atoms with van der Waals surface area (Å²) in [6, 6.07) is 0. The fraction of sp³-hybridized carbons (Fsp3) is 0.952. The molecule has 0 radical (unpaired) electrons. The summed E-state index contributed by atoms with van der Waals surface area (Å²) >= 11 is 4.55. The van der Waals surface area contributed by atoms with Crippen LogP contribution in [-0.4, -0.2) is 11.7 Å². The maximum atomic E-state index is 4.55. The number of isothiocyanates is 1. The van der Waals surface area contributed by atoms with Gasteiger partial charge >= 0.3 is 0 Å². The van der Waals surface area contributed by atoms with Gasteiger partial charge < -0.3 is 0 Å². The van der Waals surface area contributed by atoms with Gasteiger partial charge in [0.25, 0.3) is 0 Å². The Morgan fingerprint density at radius 2 is 0.826 bits per heavy atom. The smallest absolute Gasteiger partial charge is 0.0584 e. The summed E-state index contributed by atoms with van der Waals surface area (Å²) in [5.41, 5.74) is 0. The van der Waals surface area contributed by atoms with Gasteiger partial charge in [0.15, 0.2) is 0 Å². The fourth-order valence-electron chi connectivity index (χ4n) is 3.14. The Labute approximate surface area is 151 Å². The van der Waals surface area contributed by atoms with Crippen LogP contribution in [0.15, 0.2) is 4.99 Å². The van der Waals surface area contributed by atoms with Crippen molar-refractivity contribution in [3.63, 3.8) is 0 Å². The Morgan fingerprint density at radius 3 is 1.13 bits per heavy atom. The Kier molecular flexibility index (Phi) is 21.6. The predicted octanol–water partition coefficient (Wildman–Crippen LogP) is 8.13. The minimum Gasteiger partial charge on any atom is -0.233 e. The van der Waals surface area contributed by atoms with Crippen LogP contribution in [0.25, 0.3) is 0 Å². The van der Waals surface area contributed by atoms with Gasteiger partial charge in [-0.1, -0.05) is 116 Å². The van der Waals surface area contributed by atoms with Crippen LogP contribution in [0, 0.1) is 0 Å². The molecule has 0 rings (SSSR count). The maximum absolute atomic E-state index is 4.55. The van der Waals surface area contributed by atoms with Crippen molar-refractivity contribution in [1.82, 2.24) is 0 Å². The van der Waals surface area contributed by atoms with Crippen molar-refractivity contribution in [2.45, 2.75) is 122 Å². The van der Waals surface area contributed by atoms with Crippen LogP contribution in [0.1, 0.15) is 122 Å². The molecule has 0 aliphatic rings. The molecule has 136 valence electrons. The third kappa shape index (κ3) is 21.8. The number of nitrogens with zero attached hydrogens (tertiary/aromatic N) is 1. The van der Waals surface area contributed by atoms with Gasteiger partial charge in [0.05, 0.1) is 5.16 Å². The number of unbranched alkanes of at least 4 members (excludes halogenated alkanes) is 17. The Hall–Kier alpha value is -0.200. The first kappa shape index (κ1) is 22.8. The quantitative estimate of drug-likeness (QED) is 0.131. The van der Waals surface area contributed by atoms with Gasteiger partial charge in [-0.25, -0.2) is 4.99 Å². The van der Waals surface area contributed by atoms with Crippen LogP contribution in [0.5, 0.6) is 0 Å². The zero-order valence-electron chi connectivity index (χ0n) is 15.8. The van der Waals surface area contributed by atoms with Crippen molar-refractivity contribution in [3.8, 4) is 0 Å². The molecule has 0 saturated carbocycles. The lowest BCUT2D eigenvalue weighted by atomic mass is 10.0. The molecule has 0 aromatic rings. The van der Waals surface area contributed by atoms with Crippen molar-refractivity contribution >= 4 is 17.4 Å². The summed E-state index contributed by atoms with van der Waals surface area (Å²) < 4.78 is 0. The van der Waals surface area contributed by atoms with Crippen molar-refractivity contribution in [2.75, 3.05) is 6.54 Å². The molecule has 0 heterocycles. The van der Waals surface area contributed by atoms with Gasteiger partial charge in [0.2, 0.25) is 0 Å². The zero-order chi connectivity index (χ0) is 16.8. The molecule has 0 fully saturated rings. The van der Waals surface area contributed by atoms with Gasteiger partial charge in [-0.15, -0.1) is 0 Å². The maximum Gasteiger partial charge on any atom is 0.0584 e. The van der Waals surface area contributed by atoms with Crippen LogP contribution in [-0.2, 0) is 0 Å². The minimum absolute atomic E-state index is 0.877. The number of rotatable bonds is 19. The van der Waals surface area contributed by atoms with Gasteiger partial charge in [-0.2, -0.15) is 0 Å². The van der Waals surface area contributed by atoms with Crippen molar-refractivity contribution in [2.24, 2.45) is 4.99 Å². The molecule has 0 N–H and O–H groups in total. The third-order valence-corrected chi connectivity index (χ3v) is 4.82. The summed E-state index contributed by atoms with van der Waals surface area (Å²) in [7, 11) is 0. The van der Waals surface area contributed by atoms with E-state index in [0.717, 1.165) is 6.54 Å². The van der Waals surface area contributed by atoms with Gasteiger partial charge in [0, 0.05) is 6.54 Å².